The summed E-state index contributed by atoms with van der Waals surface area (Å²) in [7, 11) is 0. The Bertz CT molecular complexity index is 226. The smallest absolute Gasteiger partial charge is 0.291 e. The molecule has 0 aliphatic heterocycles. The maximum atomic E-state index is 12.5. The van der Waals surface area contributed by atoms with Gasteiger partial charge in [0, 0.05) is 12.6 Å². The molecule has 102 valence electrons. The van der Waals surface area contributed by atoms with Gasteiger partial charge in [-0.15, -0.1) is 0 Å². The average molecular weight is 269 g/mol. The predicted octanol–water partition coefficient (Wildman–Crippen LogP) is 3.75. The van der Waals surface area contributed by atoms with Crippen LogP contribution in [0.1, 0.15) is 39.5 Å². The Kier molecular flexibility index (Phi) is 5.20. The first-order valence-corrected chi connectivity index (χ1v) is 6.90. The summed E-state index contributed by atoms with van der Waals surface area (Å²) >= 11 is 4.33. The minimum Gasteiger partial charge on any atom is -0.291 e. The Morgan fingerprint density at radius 3 is 1.94 bits per heavy atom. The third kappa shape index (κ3) is 4.70. The van der Waals surface area contributed by atoms with E-state index in [1.54, 1.807) is 4.90 Å². The SMILES string of the molecule is CCC(CC)(CS)CN(CC(F)(F)F)C1CC1. The zero-order valence-electron chi connectivity index (χ0n) is 10.6. The summed E-state index contributed by atoms with van der Waals surface area (Å²) in [6, 6.07) is 0.147. The Morgan fingerprint density at radius 1 is 1.12 bits per heavy atom. The molecular formula is C12H22F3NS. The zero-order valence-corrected chi connectivity index (χ0v) is 11.4. The molecule has 0 spiro atoms. The van der Waals surface area contributed by atoms with Crippen molar-refractivity contribution in [3.63, 3.8) is 0 Å². The lowest BCUT2D eigenvalue weighted by Gasteiger charge is -2.36. The van der Waals surface area contributed by atoms with E-state index in [0.29, 0.717) is 12.3 Å². The van der Waals surface area contributed by atoms with E-state index in [4.69, 9.17) is 0 Å². The van der Waals surface area contributed by atoms with Gasteiger partial charge >= 0.3 is 6.18 Å². The molecule has 0 aromatic carbocycles. The first-order chi connectivity index (χ1) is 7.86. The van der Waals surface area contributed by atoms with Crippen LogP contribution in [0, 0.1) is 5.41 Å². The van der Waals surface area contributed by atoms with Gasteiger partial charge in [-0.3, -0.25) is 4.90 Å². The van der Waals surface area contributed by atoms with Crippen molar-refractivity contribution in [2.45, 2.75) is 51.7 Å². The topological polar surface area (TPSA) is 3.24 Å². The molecule has 1 fully saturated rings. The molecule has 1 aliphatic carbocycles. The molecule has 1 rings (SSSR count). The highest BCUT2D eigenvalue weighted by molar-refractivity contribution is 7.80. The van der Waals surface area contributed by atoms with Crippen LogP contribution in [0.4, 0.5) is 13.2 Å². The van der Waals surface area contributed by atoms with Gasteiger partial charge in [0.05, 0.1) is 6.54 Å². The Balaban J connectivity index is 2.65. The summed E-state index contributed by atoms with van der Waals surface area (Å²) in [6.07, 6.45) is -0.507. The van der Waals surface area contributed by atoms with E-state index in [-0.39, 0.29) is 11.5 Å². The van der Waals surface area contributed by atoms with Crippen molar-refractivity contribution in [1.82, 2.24) is 4.90 Å². The van der Waals surface area contributed by atoms with Crippen molar-refractivity contribution in [3.05, 3.63) is 0 Å². The number of alkyl halides is 3. The lowest BCUT2D eigenvalue weighted by molar-refractivity contribution is -0.150. The molecular weight excluding hydrogens is 247 g/mol. The molecule has 0 aromatic heterocycles. The normalized spacial score (nSPS) is 17.8. The zero-order chi connectivity index (χ0) is 13.1. The molecule has 0 atom stereocenters. The van der Waals surface area contributed by atoms with Crippen LogP contribution < -0.4 is 0 Å². The first kappa shape index (κ1) is 15.2. The number of nitrogens with zero attached hydrogens (tertiary/aromatic N) is 1. The van der Waals surface area contributed by atoms with E-state index in [1.807, 2.05) is 13.8 Å². The highest BCUT2D eigenvalue weighted by Gasteiger charge is 2.41. The third-order valence-electron chi connectivity index (χ3n) is 3.82. The minimum atomic E-state index is -4.09. The van der Waals surface area contributed by atoms with E-state index in [2.05, 4.69) is 12.6 Å². The van der Waals surface area contributed by atoms with Gasteiger partial charge in [-0.2, -0.15) is 25.8 Å². The highest BCUT2D eigenvalue weighted by atomic mass is 32.1. The number of hydrogen-bond acceptors (Lipinski definition) is 2. The fourth-order valence-corrected chi connectivity index (χ4v) is 2.71. The van der Waals surface area contributed by atoms with Gasteiger partial charge in [0.2, 0.25) is 0 Å². The molecule has 0 aromatic rings. The number of thiol groups is 1. The standard InChI is InChI=1S/C12H22F3NS/c1-3-11(4-2,9-17)7-16(10-5-6-10)8-12(13,14)15/h10,17H,3-9H2,1-2H3. The second-order valence-electron chi connectivity index (χ2n) is 5.12. The van der Waals surface area contributed by atoms with Crippen LogP contribution in [0.15, 0.2) is 0 Å². The van der Waals surface area contributed by atoms with Gasteiger partial charge in [-0.05, 0) is 36.9 Å². The lowest BCUT2D eigenvalue weighted by Crippen LogP contribution is -2.44. The van der Waals surface area contributed by atoms with Crippen molar-refractivity contribution in [3.8, 4) is 0 Å². The van der Waals surface area contributed by atoms with Gasteiger partial charge < -0.3 is 0 Å². The molecule has 5 heteroatoms. The van der Waals surface area contributed by atoms with Crippen molar-refractivity contribution < 1.29 is 13.2 Å². The molecule has 1 aliphatic rings. The van der Waals surface area contributed by atoms with E-state index >= 15 is 0 Å². The fourth-order valence-electron chi connectivity index (χ4n) is 2.16. The molecule has 0 heterocycles. The van der Waals surface area contributed by atoms with Crippen LogP contribution >= 0.6 is 12.6 Å². The maximum Gasteiger partial charge on any atom is 0.401 e. The van der Waals surface area contributed by atoms with E-state index < -0.39 is 12.7 Å². The lowest BCUT2D eigenvalue weighted by atomic mass is 9.83. The Hall–Kier alpha value is 0.100. The molecule has 0 amide bonds. The largest absolute Gasteiger partial charge is 0.401 e. The van der Waals surface area contributed by atoms with Crippen molar-refractivity contribution in [2.24, 2.45) is 5.41 Å². The summed E-state index contributed by atoms with van der Waals surface area (Å²) in [4.78, 5) is 1.61. The average Bonchev–Trinajstić information content (AvgIpc) is 3.06. The van der Waals surface area contributed by atoms with E-state index in [9.17, 15) is 13.2 Å². The van der Waals surface area contributed by atoms with Crippen LogP contribution in [0.3, 0.4) is 0 Å². The van der Waals surface area contributed by atoms with Gasteiger partial charge in [0.25, 0.3) is 0 Å². The van der Waals surface area contributed by atoms with Crippen molar-refractivity contribution in [2.75, 3.05) is 18.8 Å². The van der Waals surface area contributed by atoms with Crippen molar-refractivity contribution >= 4 is 12.6 Å². The summed E-state index contributed by atoms with van der Waals surface area (Å²) in [6.45, 7) is 3.83. The Morgan fingerprint density at radius 2 is 1.65 bits per heavy atom. The monoisotopic (exact) mass is 269 g/mol. The van der Waals surface area contributed by atoms with Crippen LogP contribution in [0.2, 0.25) is 0 Å². The van der Waals surface area contributed by atoms with Crippen molar-refractivity contribution in [1.29, 1.82) is 0 Å². The molecule has 1 saturated carbocycles. The summed E-state index contributed by atoms with van der Waals surface area (Å²) < 4.78 is 37.6. The van der Waals surface area contributed by atoms with Crippen LogP contribution in [-0.2, 0) is 0 Å². The third-order valence-corrected chi connectivity index (χ3v) is 4.49. The van der Waals surface area contributed by atoms with Gasteiger partial charge in [-0.25, -0.2) is 0 Å². The van der Waals surface area contributed by atoms with Crippen LogP contribution in [-0.4, -0.2) is 36.0 Å². The number of halogens is 3. The number of hydrogen-bond donors (Lipinski definition) is 1. The molecule has 0 radical (unpaired) electrons. The highest BCUT2D eigenvalue weighted by Crippen LogP contribution is 2.36. The molecule has 17 heavy (non-hydrogen) atoms. The van der Waals surface area contributed by atoms with E-state index in [0.717, 1.165) is 25.7 Å². The summed E-state index contributed by atoms with van der Waals surface area (Å²) in [5.41, 5.74) is -0.0725. The fraction of sp³-hybridized carbons (Fsp3) is 1.00. The Labute approximate surface area is 107 Å². The number of rotatable bonds is 7. The van der Waals surface area contributed by atoms with Gasteiger partial charge in [0.15, 0.2) is 0 Å². The summed E-state index contributed by atoms with van der Waals surface area (Å²) in [5, 5.41) is 0. The predicted molar refractivity (Wildman–Crippen MR) is 67.5 cm³/mol. The molecule has 1 nitrogen and oxygen atoms in total. The molecule has 0 N–H and O–H groups in total. The van der Waals surface area contributed by atoms with Gasteiger partial charge in [0.1, 0.15) is 0 Å². The maximum absolute atomic E-state index is 12.5. The molecule has 0 unspecified atom stereocenters. The van der Waals surface area contributed by atoms with Crippen LogP contribution in [0.25, 0.3) is 0 Å². The summed E-state index contributed by atoms with van der Waals surface area (Å²) in [5.74, 6) is 0.654. The minimum absolute atomic E-state index is 0.0725. The van der Waals surface area contributed by atoms with Gasteiger partial charge in [-0.1, -0.05) is 13.8 Å². The quantitative estimate of drug-likeness (QED) is 0.689. The second-order valence-corrected chi connectivity index (χ2v) is 5.43. The second kappa shape index (κ2) is 5.83. The first-order valence-electron chi connectivity index (χ1n) is 6.27. The molecule has 0 saturated heterocycles. The van der Waals surface area contributed by atoms with E-state index in [1.165, 1.54) is 0 Å². The van der Waals surface area contributed by atoms with Crippen LogP contribution in [0.5, 0.6) is 0 Å². The molecule has 0 bridgehead atoms.